The standard InChI is InChI=1S/C18H15N5O2/c1-25-13-9-7-12(8-10-13)11-23-15-6-4-2-3-5-14(15)16(18(23)24)17-19-21-22-20-17/h2-10H,11H2,1H3,(H,19,20,21,22). The van der Waals surface area contributed by atoms with Crippen LogP contribution in [0.4, 0.5) is 0 Å². The van der Waals surface area contributed by atoms with Crippen molar-refractivity contribution < 1.29 is 4.74 Å². The molecule has 0 atom stereocenters. The van der Waals surface area contributed by atoms with Crippen LogP contribution < -0.4 is 10.3 Å². The van der Waals surface area contributed by atoms with E-state index < -0.39 is 0 Å². The fraction of sp³-hybridized carbons (Fsp3) is 0.111. The van der Waals surface area contributed by atoms with E-state index in [1.54, 1.807) is 11.7 Å². The van der Waals surface area contributed by atoms with Crippen LogP contribution in [0.3, 0.4) is 0 Å². The number of aromatic nitrogens is 5. The first-order valence-corrected chi connectivity index (χ1v) is 7.76. The van der Waals surface area contributed by atoms with E-state index in [1.165, 1.54) is 0 Å². The summed E-state index contributed by atoms with van der Waals surface area (Å²) in [5.41, 5.74) is 2.93. The molecule has 7 heteroatoms. The van der Waals surface area contributed by atoms with Crippen molar-refractivity contribution in [3.05, 3.63) is 70.5 Å². The molecule has 2 heterocycles. The molecule has 1 aliphatic heterocycles. The number of hydrogen-bond acceptors (Lipinski definition) is 5. The molecule has 0 spiro atoms. The first kappa shape index (κ1) is 15.1. The number of ether oxygens (including phenoxy) is 1. The Balaban J connectivity index is 1.86. The molecule has 0 bridgehead atoms. The minimum atomic E-state index is -0.140. The Bertz CT molecular complexity index is 1020. The number of fused-ring (bicyclic) bond motifs is 1. The van der Waals surface area contributed by atoms with Gasteiger partial charge in [-0.3, -0.25) is 4.79 Å². The van der Waals surface area contributed by atoms with Crippen LogP contribution in [-0.4, -0.2) is 32.3 Å². The Labute approximate surface area is 143 Å². The van der Waals surface area contributed by atoms with Gasteiger partial charge >= 0.3 is 0 Å². The summed E-state index contributed by atoms with van der Waals surface area (Å²) < 4.78 is 6.91. The molecule has 0 radical (unpaired) electrons. The van der Waals surface area contributed by atoms with Crippen LogP contribution in [0.15, 0.2) is 59.4 Å². The minimum absolute atomic E-state index is 0.140. The molecule has 4 rings (SSSR count). The third kappa shape index (κ3) is 2.65. The molecule has 0 unspecified atom stereocenters. The first-order valence-electron chi connectivity index (χ1n) is 7.76. The van der Waals surface area contributed by atoms with Gasteiger partial charge in [0.15, 0.2) is 0 Å². The SMILES string of the molecule is COc1ccc(Cn2c3cccccc-3c(-c3nn[nH]n3)c2=O)cc1. The number of H-pyrrole nitrogens is 1. The highest BCUT2D eigenvalue weighted by Gasteiger charge is 2.23. The fourth-order valence-electron chi connectivity index (χ4n) is 2.90. The van der Waals surface area contributed by atoms with Gasteiger partial charge in [0.2, 0.25) is 5.82 Å². The van der Waals surface area contributed by atoms with Crippen LogP contribution >= 0.6 is 0 Å². The Kier molecular flexibility index (Phi) is 3.74. The van der Waals surface area contributed by atoms with Crippen molar-refractivity contribution in [2.24, 2.45) is 0 Å². The Morgan fingerprint density at radius 3 is 2.60 bits per heavy atom. The Hall–Kier alpha value is -3.48. The summed E-state index contributed by atoms with van der Waals surface area (Å²) in [7, 11) is 1.63. The van der Waals surface area contributed by atoms with Crippen molar-refractivity contribution in [2.45, 2.75) is 6.54 Å². The maximum atomic E-state index is 13.0. The summed E-state index contributed by atoms with van der Waals surface area (Å²) >= 11 is 0. The van der Waals surface area contributed by atoms with E-state index in [9.17, 15) is 4.79 Å². The highest BCUT2D eigenvalue weighted by atomic mass is 16.5. The van der Waals surface area contributed by atoms with E-state index in [-0.39, 0.29) is 5.56 Å². The van der Waals surface area contributed by atoms with Crippen LogP contribution in [0.2, 0.25) is 0 Å². The Morgan fingerprint density at radius 2 is 1.88 bits per heavy atom. The minimum Gasteiger partial charge on any atom is -0.497 e. The third-order valence-corrected chi connectivity index (χ3v) is 4.10. The van der Waals surface area contributed by atoms with Crippen LogP contribution in [-0.2, 0) is 6.54 Å². The smallest absolute Gasteiger partial charge is 0.263 e. The number of aromatic amines is 1. The second kappa shape index (κ2) is 6.20. The molecule has 2 aromatic rings. The molecule has 1 N–H and O–H groups in total. The van der Waals surface area contributed by atoms with Crippen LogP contribution in [0.5, 0.6) is 5.75 Å². The van der Waals surface area contributed by atoms with Gasteiger partial charge in [-0.25, -0.2) is 0 Å². The highest BCUT2D eigenvalue weighted by Crippen LogP contribution is 2.29. The predicted molar refractivity (Wildman–Crippen MR) is 92.6 cm³/mol. The average Bonchev–Trinajstić information content (AvgIpc) is 3.16. The van der Waals surface area contributed by atoms with Crippen molar-refractivity contribution in [2.75, 3.05) is 7.11 Å². The molecule has 0 saturated carbocycles. The van der Waals surface area contributed by atoms with Gasteiger partial charge in [-0.2, -0.15) is 5.21 Å². The van der Waals surface area contributed by atoms with Crippen molar-refractivity contribution in [3.8, 4) is 28.4 Å². The molecule has 0 amide bonds. The van der Waals surface area contributed by atoms with Crippen molar-refractivity contribution in [1.82, 2.24) is 25.2 Å². The van der Waals surface area contributed by atoms with Gasteiger partial charge in [0, 0.05) is 5.56 Å². The molecule has 7 nitrogen and oxygen atoms in total. The van der Waals surface area contributed by atoms with E-state index in [2.05, 4.69) is 20.6 Å². The van der Waals surface area contributed by atoms with E-state index >= 15 is 0 Å². The van der Waals surface area contributed by atoms with Gasteiger partial charge in [-0.1, -0.05) is 36.4 Å². The first-order chi connectivity index (χ1) is 12.3. The number of hydrogen-bond donors (Lipinski definition) is 1. The van der Waals surface area contributed by atoms with Crippen molar-refractivity contribution in [1.29, 1.82) is 0 Å². The zero-order chi connectivity index (χ0) is 17.2. The molecule has 124 valence electrons. The number of tetrazole rings is 1. The number of rotatable bonds is 4. The lowest BCUT2D eigenvalue weighted by molar-refractivity contribution is 0.414. The van der Waals surface area contributed by atoms with Crippen LogP contribution in [0.25, 0.3) is 22.6 Å². The van der Waals surface area contributed by atoms with Gasteiger partial charge in [0.25, 0.3) is 5.56 Å². The molecule has 25 heavy (non-hydrogen) atoms. The summed E-state index contributed by atoms with van der Waals surface area (Å²) in [6, 6.07) is 17.2. The molecule has 2 aliphatic rings. The van der Waals surface area contributed by atoms with Crippen molar-refractivity contribution >= 4 is 0 Å². The monoisotopic (exact) mass is 333 g/mol. The van der Waals surface area contributed by atoms with Gasteiger partial charge in [-0.05, 0) is 29.0 Å². The number of methoxy groups -OCH3 is 1. The lowest BCUT2D eigenvalue weighted by Gasteiger charge is -2.07. The molecular weight excluding hydrogens is 318 g/mol. The number of nitrogens with zero attached hydrogens (tertiary/aromatic N) is 4. The van der Waals surface area contributed by atoms with Crippen LogP contribution in [0.1, 0.15) is 5.56 Å². The summed E-state index contributed by atoms with van der Waals surface area (Å²) in [5.74, 6) is 1.08. The fourth-order valence-corrected chi connectivity index (χ4v) is 2.90. The Morgan fingerprint density at radius 1 is 1.08 bits per heavy atom. The lowest BCUT2D eigenvalue weighted by Crippen LogP contribution is -2.17. The molecule has 1 aliphatic carbocycles. The van der Waals surface area contributed by atoms with E-state index in [4.69, 9.17) is 4.74 Å². The average molecular weight is 333 g/mol. The summed E-state index contributed by atoms with van der Waals surface area (Å²) in [6.07, 6.45) is 0. The van der Waals surface area contributed by atoms with Gasteiger partial charge in [0.1, 0.15) is 5.75 Å². The highest BCUT2D eigenvalue weighted by molar-refractivity contribution is 5.80. The number of nitrogens with one attached hydrogen (secondary N) is 1. The molecule has 1 aromatic carbocycles. The summed E-state index contributed by atoms with van der Waals surface area (Å²) in [4.78, 5) is 13.0. The van der Waals surface area contributed by atoms with Gasteiger partial charge < -0.3 is 9.30 Å². The molecule has 0 fully saturated rings. The van der Waals surface area contributed by atoms with Gasteiger partial charge in [-0.15, -0.1) is 10.2 Å². The second-order valence-electron chi connectivity index (χ2n) is 5.56. The quantitative estimate of drug-likeness (QED) is 0.619. The van der Waals surface area contributed by atoms with E-state index in [0.717, 1.165) is 22.6 Å². The molecular formula is C18H15N5O2. The van der Waals surface area contributed by atoms with E-state index in [1.807, 2.05) is 54.6 Å². The third-order valence-electron chi connectivity index (χ3n) is 4.10. The summed E-state index contributed by atoms with van der Waals surface area (Å²) in [6.45, 7) is 0.446. The topological polar surface area (TPSA) is 85.7 Å². The van der Waals surface area contributed by atoms with E-state index in [0.29, 0.717) is 17.9 Å². The summed E-state index contributed by atoms with van der Waals surface area (Å²) in [5, 5.41) is 14.0. The maximum absolute atomic E-state index is 13.0. The van der Waals surface area contributed by atoms with Gasteiger partial charge in [0.05, 0.1) is 24.9 Å². The lowest BCUT2D eigenvalue weighted by atomic mass is 10.1. The predicted octanol–water partition coefficient (Wildman–Crippen LogP) is 2.19. The van der Waals surface area contributed by atoms with Crippen LogP contribution in [0, 0.1) is 0 Å². The second-order valence-corrected chi connectivity index (χ2v) is 5.56. The molecule has 1 aromatic heterocycles. The van der Waals surface area contributed by atoms with Crippen molar-refractivity contribution in [3.63, 3.8) is 0 Å². The molecule has 0 saturated heterocycles. The normalized spacial score (nSPS) is 10.9. The zero-order valence-electron chi connectivity index (χ0n) is 13.5. The largest absolute Gasteiger partial charge is 0.497 e. The maximum Gasteiger partial charge on any atom is 0.263 e. The zero-order valence-corrected chi connectivity index (χ0v) is 13.5. The number of benzene rings is 1.